The van der Waals surface area contributed by atoms with Crippen LogP contribution in [0.4, 0.5) is 15.9 Å². The van der Waals surface area contributed by atoms with Gasteiger partial charge in [-0.05, 0) is 60.5 Å². The van der Waals surface area contributed by atoms with E-state index in [9.17, 15) is 12.8 Å². The minimum atomic E-state index is -2.96. The van der Waals surface area contributed by atoms with Gasteiger partial charge in [0.25, 0.3) is 0 Å². The van der Waals surface area contributed by atoms with E-state index in [1.54, 1.807) is 35.6 Å². The molecule has 0 aliphatic rings. The first-order chi connectivity index (χ1) is 18.7. The zero-order valence-corrected chi connectivity index (χ0v) is 23.5. The topological polar surface area (TPSA) is 93.2 Å². The number of benzene rings is 3. The molecule has 39 heavy (non-hydrogen) atoms. The van der Waals surface area contributed by atoms with Gasteiger partial charge in [0.2, 0.25) is 0 Å². The Hall–Kier alpha value is -3.31. The van der Waals surface area contributed by atoms with Crippen molar-refractivity contribution in [2.24, 2.45) is 0 Å². The molecule has 202 valence electrons. The number of nitrogens with one attached hydrogen (secondary N) is 2. The number of hydrogen-bond donors (Lipinski definition) is 2. The summed E-state index contributed by atoms with van der Waals surface area (Å²) in [5, 5.41) is 8.94. The molecule has 2 heterocycles. The molecule has 5 aromatic rings. The number of sulfone groups is 1. The first-order valence-corrected chi connectivity index (χ1v) is 15.5. The summed E-state index contributed by atoms with van der Waals surface area (Å²) in [6, 6.07) is 17.9. The molecule has 2 N–H and O–H groups in total. The molecule has 2 aromatic heterocycles. The van der Waals surface area contributed by atoms with Gasteiger partial charge in [-0.2, -0.15) is 0 Å². The Kier molecular flexibility index (Phi) is 8.27. The van der Waals surface area contributed by atoms with E-state index < -0.39 is 9.84 Å². The van der Waals surface area contributed by atoms with Crippen LogP contribution in [0.15, 0.2) is 67.0 Å². The summed E-state index contributed by atoms with van der Waals surface area (Å²) >= 11 is 8.08. The molecule has 0 saturated carbocycles. The van der Waals surface area contributed by atoms with Gasteiger partial charge in [-0.3, -0.25) is 0 Å². The van der Waals surface area contributed by atoms with Crippen molar-refractivity contribution in [2.45, 2.75) is 13.0 Å². The van der Waals surface area contributed by atoms with Crippen molar-refractivity contribution in [3.63, 3.8) is 0 Å². The molecule has 0 radical (unpaired) electrons. The van der Waals surface area contributed by atoms with Gasteiger partial charge in [0.1, 0.15) is 45.0 Å². The lowest BCUT2D eigenvalue weighted by atomic mass is 10.1. The van der Waals surface area contributed by atoms with Crippen LogP contribution in [0.1, 0.15) is 11.1 Å². The zero-order valence-electron chi connectivity index (χ0n) is 21.1. The summed E-state index contributed by atoms with van der Waals surface area (Å²) in [4.78, 5) is 9.83. The molecule has 3 aromatic carbocycles. The van der Waals surface area contributed by atoms with E-state index in [0.717, 1.165) is 38.0 Å². The molecule has 0 spiro atoms. The van der Waals surface area contributed by atoms with Gasteiger partial charge in [-0.15, -0.1) is 11.3 Å². The lowest BCUT2D eigenvalue weighted by molar-refractivity contribution is 0.306. The molecule has 0 fully saturated rings. The van der Waals surface area contributed by atoms with E-state index in [4.69, 9.17) is 16.3 Å². The van der Waals surface area contributed by atoms with Crippen molar-refractivity contribution in [1.29, 1.82) is 0 Å². The number of hydrogen-bond acceptors (Lipinski definition) is 8. The van der Waals surface area contributed by atoms with Crippen molar-refractivity contribution in [3.05, 3.63) is 89.0 Å². The molecule has 0 bridgehead atoms. The molecule has 0 amide bonds. The third kappa shape index (κ3) is 7.02. The average molecular weight is 585 g/mol. The van der Waals surface area contributed by atoms with E-state index >= 15 is 0 Å². The van der Waals surface area contributed by atoms with Crippen LogP contribution in [0.5, 0.6) is 5.75 Å². The van der Waals surface area contributed by atoms with Crippen LogP contribution in [-0.4, -0.2) is 43.5 Å². The number of ether oxygens (including phenoxy) is 1. The Balaban J connectivity index is 1.29. The minimum absolute atomic E-state index is 0.132. The third-order valence-electron chi connectivity index (χ3n) is 6.05. The SMILES string of the molecule is CS(=O)(=O)CCNCCc1ccc2c(c1)sc1ncnc(Nc3ccc(OCc4cccc(F)c4)c(Cl)c3)c12. The molecule has 0 aliphatic heterocycles. The predicted molar refractivity (Wildman–Crippen MR) is 157 cm³/mol. The molecule has 11 heteroatoms. The second kappa shape index (κ2) is 11.8. The van der Waals surface area contributed by atoms with E-state index in [2.05, 4.69) is 38.8 Å². The molecule has 0 atom stereocenters. The summed E-state index contributed by atoms with van der Waals surface area (Å²) in [5.41, 5.74) is 2.62. The first-order valence-electron chi connectivity index (χ1n) is 12.2. The van der Waals surface area contributed by atoms with Crippen LogP contribution in [0.3, 0.4) is 0 Å². The lowest BCUT2D eigenvalue weighted by Gasteiger charge is -2.11. The maximum Gasteiger partial charge on any atom is 0.148 e. The highest BCUT2D eigenvalue weighted by molar-refractivity contribution is 7.90. The Morgan fingerprint density at radius 3 is 2.69 bits per heavy atom. The molecule has 0 aliphatic carbocycles. The van der Waals surface area contributed by atoms with Crippen molar-refractivity contribution < 1.29 is 17.5 Å². The van der Waals surface area contributed by atoms with Crippen LogP contribution >= 0.6 is 22.9 Å². The Bertz CT molecular complexity index is 1740. The van der Waals surface area contributed by atoms with Crippen LogP contribution in [0.25, 0.3) is 20.3 Å². The van der Waals surface area contributed by atoms with Crippen LogP contribution in [-0.2, 0) is 22.9 Å². The monoisotopic (exact) mass is 584 g/mol. The number of nitrogens with zero attached hydrogens (tertiary/aromatic N) is 2. The van der Waals surface area contributed by atoms with Crippen molar-refractivity contribution in [3.8, 4) is 5.75 Å². The lowest BCUT2D eigenvalue weighted by Crippen LogP contribution is -2.24. The van der Waals surface area contributed by atoms with Crippen molar-refractivity contribution in [1.82, 2.24) is 15.3 Å². The first kappa shape index (κ1) is 27.3. The van der Waals surface area contributed by atoms with Crippen molar-refractivity contribution >= 4 is 64.6 Å². The number of anilines is 2. The second-order valence-electron chi connectivity index (χ2n) is 9.15. The highest BCUT2D eigenvalue weighted by Gasteiger charge is 2.14. The maximum atomic E-state index is 13.4. The zero-order chi connectivity index (χ0) is 27.4. The summed E-state index contributed by atoms with van der Waals surface area (Å²) in [7, 11) is -2.96. The Morgan fingerprint density at radius 2 is 1.90 bits per heavy atom. The van der Waals surface area contributed by atoms with Crippen molar-refractivity contribution in [2.75, 3.05) is 30.4 Å². The van der Waals surface area contributed by atoms with E-state index in [-0.39, 0.29) is 18.2 Å². The maximum absolute atomic E-state index is 13.4. The third-order valence-corrected chi connectivity index (χ3v) is 8.35. The van der Waals surface area contributed by atoms with Crippen LogP contribution < -0.4 is 15.4 Å². The summed E-state index contributed by atoms with van der Waals surface area (Å²) in [5.74, 6) is 0.991. The smallest absolute Gasteiger partial charge is 0.148 e. The summed E-state index contributed by atoms with van der Waals surface area (Å²) in [6.07, 6.45) is 3.56. The van der Waals surface area contributed by atoms with Gasteiger partial charge in [-0.25, -0.2) is 22.8 Å². The number of fused-ring (bicyclic) bond motifs is 3. The molecular formula is C28H26ClFN4O3S2. The van der Waals surface area contributed by atoms with E-state index in [1.165, 1.54) is 24.7 Å². The van der Waals surface area contributed by atoms with E-state index in [1.807, 2.05) is 6.07 Å². The minimum Gasteiger partial charge on any atom is -0.487 e. The fourth-order valence-electron chi connectivity index (χ4n) is 4.14. The largest absolute Gasteiger partial charge is 0.487 e. The van der Waals surface area contributed by atoms with Gasteiger partial charge in [0.05, 0.1) is 16.2 Å². The van der Waals surface area contributed by atoms with Gasteiger partial charge < -0.3 is 15.4 Å². The molecule has 7 nitrogen and oxygen atoms in total. The van der Waals surface area contributed by atoms with Gasteiger partial charge in [0, 0.05) is 28.6 Å². The number of rotatable bonds is 11. The normalized spacial score (nSPS) is 11.8. The molecular weight excluding hydrogens is 559 g/mol. The summed E-state index contributed by atoms with van der Waals surface area (Å²) in [6.45, 7) is 1.34. The predicted octanol–water partition coefficient (Wildman–Crippen LogP) is 6.14. The second-order valence-corrected chi connectivity index (χ2v) is 12.9. The standard InChI is InChI=1S/C28H26ClFN4O3S2/c1-39(35,36)12-11-31-10-9-18-5-7-22-25(14-18)38-28-26(22)27(32-17-33-28)34-21-6-8-24(23(29)15-21)37-16-19-3-2-4-20(30)13-19/h2-8,13-15,17,31H,9-12,16H2,1H3,(H,32,33,34). The number of halogens is 2. The van der Waals surface area contributed by atoms with Gasteiger partial charge in [-0.1, -0.05) is 35.9 Å². The van der Waals surface area contributed by atoms with Crippen LogP contribution in [0, 0.1) is 5.82 Å². The Labute approximate surface area is 234 Å². The quantitative estimate of drug-likeness (QED) is 0.180. The highest BCUT2D eigenvalue weighted by Crippen LogP contribution is 2.38. The molecule has 0 saturated heterocycles. The molecule has 0 unspecified atom stereocenters. The molecule has 5 rings (SSSR count). The fourth-order valence-corrected chi connectivity index (χ4v) is 5.99. The Morgan fingerprint density at radius 1 is 1.03 bits per heavy atom. The highest BCUT2D eigenvalue weighted by atomic mass is 35.5. The van der Waals surface area contributed by atoms with E-state index in [0.29, 0.717) is 35.2 Å². The fraction of sp³-hybridized carbons (Fsp3) is 0.214. The van der Waals surface area contributed by atoms with Gasteiger partial charge >= 0.3 is 0 Å². The average Bonchev–Trinajstić information content (AvgIpc) is 3.26. The number of aromatic nitrogens is 2. The number of thiophene rings is 1. The van der Waals surface area contributed by atoms with Crippen LogP contribution in [0.2, 0.25) is 5.02 Å². The summed E-state index contributed by atoms with van der Waals surface area (Å²) < 4.78 is 42.9. The van der Waals surface area contributed by atoms with Gasteiger partial charge in [0.15, 0.2) is 0 Å².